The lowest BCUT2D eigenvalue weighted by molar-refractivity contribution is -0.134. The molecule has 4 rings (SSSR count). The zero-order chi connectivity index (χ0) is 18.8. The second kappa shape index (κ2) is 7.79. The average Bonchev–Trinajstić information content (AvgIpc) is 2.67. The molecule has 0 radical (unpaired) electrons. The molecule has 1 aromatic heterocycles. The highest BCUT2D eigenvalue weighted by Gasteiger charge is 2.49. The smallest absolute Gasteiger partial charge is 0.219 e. The molecular formula is C22H27N3O2. The van der Waals surface area contributed by atoms with Crippen LogP contribution < -0.4 is 0 Å². The molecular weight excluding hydrogens is 338 g/mol. The predicted octanol–water partition coefficient (Wildman–Crippen LogP) is 2.52. The third-order valence-corrected chi connectivity index (χ3v) is 6.12. The van der Waals surface area contributed by atoms with Gasteiger partial charge in [-0.05, 0) is 48.2 Å². The number of carbonyl (C=O) groups excluding carboxylic acids is 1. The first-order valence-corrected chi connectivity index (χ1v) is 9.81. The lowest BCUT2D eigenvalue weighted by Gasteiger charge is -2.57. The van der Waals surface area contributed by atoms with Gasteiger partial charge in [-0.3, -0.25) is 14.7 Å². The third-order valence-electron chi connectivity index (χ3n) is 6.12. The third kappa shape index (κ3) is 3.49. The molecule has 1 aromatic carbocycles. The molecule has 1 N–H and O–H groups in total. The molecule has 0 saturated carbocycles. The minimum Gasteiger partial charge on any atom is -0.395 e. The van der Waals surface area contributed by atoms with E-state index in [1.54, 1.807) is 19.3 Å². The van der Waals surface area contributed by atoms with Crippen LogP contribution >= 0.6 is 0 Å². The van der Waals surface area contributed by atoms with Gasteiger partial charge in [0.25, 0.3) is 0 Å². The minimum atomic E-state index is 0.147. The van der Waals surface area contributed by atoms with Gasteiger partial charge >= 0.3 is 0 Å². The molecule has 5 heteroatoms. The summed E-state index contributed by atoms with van der Waals surface area (Å²) in [7, 11) is 0. The number of amides is 1. The molecule has 3 atom stereocenters. The van der Waals surface area contributed by atoms with Crippen molar-refractivity contribution in [1.29, 1.82) is 0 Å². The van der Waals surface area contributed by atoms with Crippen LogP contribution in [0.15, 0.2) is 48.8 Å². The summed E-state index contributed by atoms with van der Waals surface area (Å²) < 4.78 is 0. The fraction of sp³-hybridized carbons (Fsp3) is 0.455. The number of nitrogens with zero attached hydrogens (tertiary/aromatic N) is 3. The van der Waals surface area contributed by atoms with Crippen LogP contribution in [0.1, 0.15) is 31.2 Å². The van der Waals surface area contributed by atoms with Crippen LogP contribution in [0, 0.1) is 0 Å². The molecule has 3 heterocycles. The van der Waals surface area contributed by atoms with Gasteiger partial charge in [-0.1, -0.05) is 24.3 Å². The molecule has 0 spiro atoms. The summed E-state index contributed by atoms with van der Waals surface area (Å²) in [5.41, 5.74) is 3.57. The zero-order valence-corrected chi connectivity index (χ0v) is 15.8. The first kappa shape index (κ1) is 18.1. The number of fused-ring (bicyclic) bond motifs is 1. The first-order chi connectivity index (χ1) is 13.2. The topological polar surface area (TPSA) is 56.7 Å². The van der Waals surface area contributed by atoms with Crippen LogP contribution in [0.3, 0.4) is 0 Å². The summed E-state index contributed by atoms with van der Waals surface area (Å²) in [5.74, 6) is 0.414. The van der Waals surface area contributed by atoms with Crippen molar-refractivity contribution in [2.75, 3.05) is 26.2 Å². The summed E-state index contributed by atoms with van der Waals surface area (Å²) >= 11 is 0. The van der Waals surface area contributed by atoms with E-state index in [9.17, 15) is 9.90 Å². The van der Waals surface area contributed by atoms with Gasteiger partial charge in [0.05, 0.1) is 6.61 Å². The maximum absolute atomic E-state index is 12.0. The summed E-state index contributed by atoms with van der Waals surface area (Å²) in [4.78, 5) is 20.4. The fourth-order valence-corrected chi connectivity index (χ4v) is 4.67. The summed E-state index contributed by atoms with van der Waals surface area (Å²) in [6, 6.07) is 13.1. The highest BCUT2D eigenvalue weighted by Crippen LogP contribution is 2.42. The quantitative estimate of drug-likeness (QED) is 0.908. The van der Waals surface area contributed by atoms with E-state index in [1.807, 2.05) is 17.0 Å². The van der Waals surface area contributed by atoms with Crippen LogP contribution in [0.2, 0.25) is 0 Å². The molecule has 0 bridgehead atoms. The minimum absolute atomic E-state index is 0.147. The molecule has 2 aliphatic heterocycles. The van der Waals surface area contributed by atoms with E-state index in [1.165, 1.54) is 11.1 Å². The van der Waals surface area contributed by atoms with Crippen molar-refractivity contribution in [3.63, 3.8) is 0 Å². The molecule has 142 valence electrons. The van der Waals surface area contributed by atoms with Gasteiger partial charge in [0.2, 0.25) is 5.91 Å². The number of carbonyl (C=O) groups is 1. The van der Waals surface area contributed by atoms with Crippen molar-refractivity contribution in [2.24, 2.45) is 0 Å². The number of hydrogen-bond donors (Lipinski definition) is 1. The van der Waals surface area contributed by atoms with Crippen molar-refractivity contribution in [3.05, 3.63) is 54.4 Å². The Kier molecular flexibility index (Phi) is 5.23. The maximum Gasteiger partial charge on any atom is 0.219 e. The van der Waals surface area contributed by atoms with E-state index in [2.05, 4.69) is 34.1 Å². The number of aromatic nitrogens is 1. The van der Waals surface area contributed by atoms with Crippen LogP contribution in [0.4, 0.5) is 0 Å². The molecule has 2 aromatic rings. The fourth-order valence-electron chi connectivity index (χ4n) is 4.67. The van der Waals surface area contributed by atoms with Crippen LogP contribution in [-0.4, -0.2) is 64.1 Å². The standard InChI is InChI=1S/C22H27N3O2/c1-16(27)24-12-2-3-13-25-20(14-24)22(21(25)15-26)19-6-4-17(5-7-19)18-8-10-23-11-9-18/h4-11,20-22,26H,2-3,12-15H2,1H3/t20-,21-,22-/m0/s1. The Morgan fingerprint density at radius 3 is 2.41 bits per heavy atom. The van der Waals surface area contributed by atoms with Crippen molar-refractivity contribution in [1.82, 2.24) is 14.8 Å². The second-order valence-corrected chi connectivity index (χ2v) is 7.61. The average molecular weight is 365 g/mol. The maximum atomic E-state index is 12.0. The number of rotatable bonds is 3. The van der Waals surface area contributed by atoms with Gasteiger partial charge < -0.3 is 10.0 Å². The number of hydrogen-bond acceptors (Lipinski definition) is 4. The molecule has 0 unspecified atom stereocenters. The van der Waals surface area contributed by atoms with E-state index in [0.29, 0.717) is 0 Å². The van der Waals surface area contributed by atoms with E-state index in [4.69, 9.17) is 0 Å². The van der Waals surface area contributed by atoms with E-state index >= 15 is 0 Å². The van der Waals surface area contributed by atoms with Gasteiger partial charge in [0.1, 0.15) is 0 Å². The summed E-state index contributed by atoms with van der Waals surface area (Å²) in [6.07, 6.45) is 5.72. The SMILES string of the molecule is CC(=O)N1CCCCN2[C@@H](CO)[C@@H](c3ccc(-c4ccncc4)cc3)[C@@H]2C1. The molecule has 2 fully saturated rings. The Balaban J connectivity index is 1.58. The van der Waals surface area contributed by atoms with Gasteiger partial charge in [-0.25, -0.2) is 0 Å². The van der Waals surface area contributed by atoms with Crippen LogP contribution in [-0.2, 0) is 4.79 Å². The van der Waals surface area contributed by atoms with Crippen LogP contribution in [0.25, 0.3) is 11.1 Å². The van der Waals surface area contributed by atoms with Crippen molar-refractivity contribution in [2.45, 2.75) is 37.8 Å². The first-order valence-electron chi connectivity index (χ1n) is 9.81. The molecule has 0 aliphatic carbocycles. The number of benzene rings is 1. The predicted molar refractivity (Wildman–Crippen MR) is 105 cm³/mol. The Labute approximate surface area is 160 Å². The Morgan fingerprint density at radius 2 is 1.74 bits per heavy atom. The van der Waals surface area contributed by atoms with E-state index in [0.717, 1.165) is 38.0 Å². The molecule has 5 nitrogen and oxygen atoms in total. The Morgan fingerprint density at radius 1 is 1.07 bits per heavy atom. The van der Waals surface area contributed by atoms with E-state index in [-0.39, 0.29) is 30.5 Å². The Hall–Kier alpha value is -2.24. The largest absolute Gasteiger partial charge is 0.395 e. The highest BCUT2D eigenvalue weighted by atomic mass is 16.3. The molecule has 1 amide bonds. The number of aliphatic hydroxyl groups is 1. The number of aliphatic hydroxyl groups excluding tert-OH is 1. The van der Waals surface area contributed by atoms with Gasteiger partial charge in [-0.15, -0.1) is 0 Å². The lowest BCUT2D eigenvalue weighted by Crippen LogP contribution is -2.67. The van der Waals surface area contributed by atoms with E-state index < -0.39 is 0 Å². The highest BCUT2D eigenvalue weighted by molar-refractivity contribution is 5.73. The number of pyridine rings is 1. The summed E-state index contributed by atoms with van der Waals surface area (Å²) in [6.45, 7) is 4.42. The Bertz CT molecular complexity index is 778. The van der Waals surface area contributed by atoms with Crippen molar-refractivity contribution >= 4 is 5.91 Å². The normalized spacial score (nSPS) is 25.9. The van der Waals surface area contributed by atoms with Gasteiger partial charge in [-0.2, -0.15) is 0 Å². The summed E-state index contributed by atoms with van der Waals surface area (Å²) in [5, 5.41) is 10.00. The monoisotopic (exact) mass is 365 g/mol. The van der Waals surface area contributed by atoms with Crippen molar-refractivity contribution < 1.29 is 9.90 Å². The molecule has 2 saturated heterocycles. The van der Waals surface area contributed by atoms with Crippen molar-refractivity contribution in [3.8, 4) is 11.1 Å². The zero-order valence-electron chi connectivity index (χ0n) is 15.8. The molecule has 2 aliphatic rings. The molecule has 27 heavy (non-hydrogen) atoms. The van der Waals surface area contributed by atoms with Gasteiger partial charge in [0, 0.05) is 50.4 Å². The lowest BCUT2D eigenvalue weighted by atomic mass is 9.74. The second-order valence-electron chi connectivity index (χ2n) is 7.61. The van der Waals surface area contributed by atoms with Crippen LogP contribution in [0.5, 0.6) is 0 Å². The van der Waals surface area contributed by atoms with Gasteiger partial charge in [0.15, 0.2) is 0 Å².